The van der Waals surface area contributed by atoms with E-state index in [-0.39, 0.29) is 11.9 Å². The van der Waals surface area contributed by atoms with Gasteiger partial charge in [0.25, 0.3) is 0 Å². The highest BCUT2D eigenvalue weighted by Crippen LogP contribution is 2.24. The van der Waals surface area contributed by atoms with Gasteiger partial charge in [-0.2, -0.15) is 0 Å². The van der Waals surface area contributed by atoms with E-state index < -0.39 is 5.82 Å². The maximum atomic E-state index is 13.7. The van der Waals surface area contributed by atoms with Crippen LogP contribution in [0.1, 0.15) is 23.2 Å². The molecule has 0 N–H and O–H groups in total. The van der Waals surface area contributed by atoms with E-state index in [1.807, 2.05) is 19.2 Å². The highest BCUT2D eigenvalue weighted by Gasteiger charge is 2.26. The minimum atomic E-state index is -0.459. The Hall–Kier alpha value is -2.74. The monoisotopic (exact) mass is 343 g/mol. The van der Waals surface area contributed by atoms with E-state index in [2.05, 4.69) is 24.6 Å². The molecular weight excluding hydrogens is 325 g/mol. The number of halogens is 1. The van der Waals surface area contributed by atoms with Crippen LogP contribution in [0.25, 0.3) is 0 Å². The Morgan fingerprint density at radius 3 is 3.16 bits per heavy atom. The Bertz CT molecular complexity index is 862. The van der Waals surface area contributed by atoms with E-state index in [4.69, 9.17) is 9.26 Å². The minimum absolute atomic E-state index is 0.0145. The molecule has 1 aliphatic rings. The Morgan fingerprint density at radius 1 is 1.44 bits per heavy atom. The zero-order chi connectivity index (χ0) is 17.2. The van der Waals surface area contributed by atoms with Crippen molar-refractivity contribution in [2.45, 2.75) is 26.1 Å². The van der Waals surface area contributed by atoms with Crippen molar-refractivity contribution in [3.8, 4) is 5.88 Å². The summed E-state index contributed by atoms with van der Waals surface area (Å²) in [6, 6.07) is 4.82. The molecule has 4 rings (SSSR count). The third-order valence-electron chi connectivity index (χ3n) is 4.19. The number of aryl methyl sites for hydroxylation is 1. The number of nitrogens with zero attached hydrogens (tertiary/aromatic N) is 5. The average Bonchev–Trinajstić information content (AvgIpc) is 3.23. The van der Waals surface area contributed by atoms with Crippen molar-refractivity contribution in [1.82, 2.24) is 24.6 Å². The predicted molar refractivity (Wildman–Crippen MR) is 86.3 cm³/mol. The zero-order valence-electron chi connectivity index (χ0n) is 13.8. The molecule has 7 nitrogen and oxygen atoms in total. The standard InChI is InChI=1S/C17H18FN5O2/c1-12-5-13(21-25-12)7-22-8-14-6-19-11-23(14)15(9-22)10-24-17-16(18)3-2-4-20-17/h2-6,11,15H,7-10H2,1H3/t15-/m0/s1. The van der Waals surface area contributed by atoms with Gasteiger partial charge in [-0.25, -0.2) is 14.4 Å². The molecule has 130 valence electrons. The van der Waals surface area contributed by atoms with Crippen LogP contribution in [0.5, 0.6) is 5.88 Å². The molecule has 0 saturated carbocycles. The molecule has 0 unspecified atom stereocenters. The topological polar surface area (TPSA) is 69.2 Å². The Morgan fingerprint density at radius 2 is 2.36 bits per heavy atom. The summed E-state index contributed by atoms with van der Waals surface area (Å²) in [4.78, 5) is 10.4. The molecular formula is C17H18FN5O2. The molecule has 0 fully saturated rings. The molecule has 0 aliphatic carbocycles. The molecule has 3 aromatic rings. The first-order valence-corrected chi connectivity index (χ1v) is 8.07. The molecule has 1 atom stereocenters. The summed E-state index contributed by atoms with van der Waals surface area (Å²) in [5.74, 6) is 0.357. The number of hydrogen-bond acceptors (Lipinski definition) is 6. The van der Waals surface area contributed by atoms with Crippen molar-refractivity contribution in [3.05, 3.63) is 59.9 Å². The number of hydrogen-bond donors (Lipinski definition) is 0. The van der Waals surface area contributed by atoms with Crippen LogP contribution < -0.4 is 4.74 Å². The second-order valence-corrected chi connectivity index (χ2v) is 6.15. The van der Waals surface area contributed by atoms with E-state index in [9.17, 15) is 4.39 Å². The van der Waals surface area contributed by atoms with E-state index >= 15 is 0 Å². The maximum absolute atomic E-state index is 13.7. The van der Waals surface area contributed by atoms with Crippen molar-refractivity contribution in [1.29, 1.82) is 0 Å². The summed E-state index contributed by atoms with van der Waals surface area (Å²) in [6.45, 7) is 4.37. The quantitative estimate of drug-likeness (QED) is 0.708. The number of ether oxygens (including phenoxy) is 1. The van der Waals surface area contributed by atoms with Crippen molar-refractivity contribution in [3.63, 3.8) is 0 Å². The van der Waals surface area contributed by atoms with Gasteiger partial charge in [0, 0.05) is 38.1 Å². The van der Waals surface area contributed by atoms with Gasteiger partial charge in [-0.15, -0.1) is 0 Å². The molecule has 0 saturated heterocycles. The Kier molecular flexibility index (Phi) is 4.19. The molecule has 0 amide bonds. The zero-order valence-corrected chi connectivity index (χ0v) is 13.8. The molecule has 8 heteroatoms. The van der Waals surface area contributed by atoms with Gasteiger partial charge in [-0.3, -0.25) is 4.90 Å². The molecule has 0 spiro atoms. The van der Waals surface area contributed by atoms with E-state index in [1.54, 1.807) is 12.4 Å². The molecule has 4 heterocycles. The van der Waals surface area contributed by atoms with Crippen LogP contribution in [0.15, 0.2) is 41.4 Å². The normalized spacial score (nSPS) is 17.4. The molecule has 25 heavy (non-hydrogen) atoms. The fourth-order valence-corrected chi connectivity index (χ4v) is 3.09. The SMILES string of the molecule is Cc1cc(CN2Cc3cncn3[C@H](COc3ncccc3F)C2)no1. The summed E-state index contributed by atoms with van der Waals surface area (Å²) in [6.07, 6.45) is 5.14. The van der Waals surface area contributed by atoms with Gasteiger partial charge in [0.15, 0.2) is 5.82 Å². The lowest BCUT2D eigenvalue weighted by Gasteiger charge is -2.33. The van der Waals surface area contributed by atoms with Crippen LogP contribution in [-0.4, -0.2) is 37.7 Å². The summed E-state index contributed by atoms with van der Waals surface area (Å²) in [7, 11) is 0. The van der Waals surface area contributed by atoms with Crippen molar-refractivity contribution >= 4 is 0 Å². The van der Waals surface area contributed by atoms with Gasteiger partial charge in [-0.1, -0.05) is 5.16 Å². The molecule has 3 aromatic heterocycles. The Balaban J connectivity index is 1.48. The van der Waals surface area contributed by atoms with Crippen LogP contribution >= 0.6 is 0 Å². The lowest BCUT2D eigenvalue weighted by Crippen LogP contribution is -2.39. The molecule has 0 bridgehead atoms. The Labute approximate surface area is 144 Å². The van der Waals surface area contributed by atoms with E-state index in [0.717, 1.165) is 30.2 Å². The van der Waals surface area contributed by atoms with E-state index in [0.29, 0.717) is 13.2 Å². The summed E-state index contributed by atoms with van der Waals surface area (Å²) in [5, 5.41) is 4.05. The van der Waals surface area contributed by atoms with Crippen LogP contribution in [-0.2, 0) is 13.1 Å². The first kappa shape index (κ1) is 15.8. The van der Waals surface area contributed by atoms with Crippen molar-refractivity contribution < 1.29 is 13.7 Å². The van der Waals surface area contributed by atoms with Crippen LogP contribution in [0.2, 0.25) is 0 Å². The molecule has 1 aliphatic heterocycles. The van der Waals surface area contributed by atoms with Crippen LogP contribution in [0.4, 0.5) is 4.39 Å². The van der Waals surface area contributed by atoms with Gasteiger partial charge in [0.1, 0.15) is 12.4 Å². The van der Waals surface area contributed by atoms with Crippen LogP contribution in [0.3, 0.4) is 0 Å². The number of fused-ring (bicyclic) bond motifs is 1. The third-order valence-corrected chi connectivity index (χ3v) is 4.19. The first-order chi connectivity index (χ1) is 12.2. The smallest absolute Gasteiger partial charge is 0.250 e. The lowest BCUT2D eigenvalue weighted by molar-refractivity contribution is 0.130. The molecule has 0 aromatic carbocycles. The second kappa shape index (κ2) is 6.64. The van der Waals surface area contributed by atoms with Crippen molar-refractivity contribution in [2.24, 2.45) is 0 Å². The highest BCUT2D eigenvalue weighted by molar-refractivity contribution is 5.13. The van der Waals surface area contributed by atoms with Crippen LogP contribution in [0, 0.1) is 12.7 Å². The van der Waals surface area contributed by atoms with E-state index in [1.165, 1.54) is 12.3 Å². The fourth-order valence-electron chi connectivity index (χ4n) is 3.09. The molecule has 0 radical (unpaired) electrons. The summed E-state index contributed by atoms with van der Waals surface area (Å²) >= 11 is 0. The summed E-state index contributed by atoms with van der Waals surface area (Å²) < 4.78 is 26.5. The largest absolute Gasteiger partial charge is 0.473 e. The predicted octanol–water partition coefficient (Wildman–Crippen LogP) is 2.35. The highest BCUT2D eigenvalue weighted by atomic mass is 19.1. The second-order valence-electron chi connectivity index (χ2n) is 6.15. The van der Waals surface area contributed by atoms with Gasteiger partial charge in [-0.05, 0) is 19.1 Å². The lowest BCUT2D eigenvalue weighted by atomic mass is 10.2. The maximum Gasteiger partial charge on any atom is 0.250 e. The number of imidazole rings is 1. The summed E-state index contributed by atoms with van der Waals surface area (Å²) in [5.41, 5.74) is 1.97. The van der Waals surface area contributed by atoms with Gasteiger partial charge < -0.3 is 13.8 Å². The van der Waals surface area contributed by atoms with Gasteiger partial charge in [0.2, 0.25) is 5.88 Å². The minimum Gasteiger partial charge on any atom is -0.473 e. The third kappa shape index (κ3) is 3.39. The first-order valence-electron chi connectivity index (χ1n) is 8.07. The average molecular weight is 343 g/mol. The van der Waals surface area contributed by atoms with Crippen molar-refractivity contribution in [2.75, 3.05) is 13.2 Å². The van der Waals surface area contributed by atoms with Gasteiger partial charge in [0.05, 0.1) is 23.8 Å². The van der Waals surface area contributed by atoms with Gasteiger partial charge >= 0.3 is 0 Å². The number of rotatable bonds is 5. The fraction of sp³-hybridized carbons (Fsp3) is 0.353. The number of pyridine rings is 1. The number of aromatic nitrogens is 4.